The molecule has 0 radical (unpaired) electrons. The highest BCUT2D eigenvalue weighted by Crippen LogP contribution is 2.35. The smallest absolute Gasteiger partial charge is 0.417 e. The zero-order valence-electron chi connectivity index (χ0n) is 15.4. The Balaban J connectivity index is 1.84. The van der Waals surface area contributed by atoms with Crippen molar-refractivity contribution in [2.24, 2.45) is 0 Å². The molecule has 0 N–H and O–H groups in total. The molecule has 0 amide bonds. The first-order chi connectivity index (χ1) is 13.1. The van der Waals surface area contributed by atoms with Crippen molar-refractivity contribution in [2.45, 2.75) is 43.9 Å². The minimum Gasteiger partial charge on any atom is -0.459 e. The Labute approximate surface area is 161 Å². The monoisotopic (exact) mass is 415 g/mol. The van der Waals surface area contributed by atoms with Gasteiger partial charge in [-0.05, 0) is 44.9 Å². The van der Waals surface area contributed by atoms with Crippen molar-refractivity contribution in [3.8, 4) is 6.01 Å². The van der Waals surface area contributed by atoms with Crippen LogP contribution in [0, 0.1) is 13.8 Å². The van der Waals surface area contributed by atoms with Gasteiger partial charge in [-0.1, -0.05) is 12.1 Å². The average Bonchev–Trinajstić information content (AvgIpc) is 2.60. The molecule has 0 spiro atoms. The van der Waals surface area contributed by atoms with Crippen LogP contribution in [0.5, 0.6) is 6.01 Å². The van der Waals surface area contributed by atoms with E-state index in [-0.39, 0.29) is 19.1 Å². The van der Waals surface area contributed by atoms with Gasteiger partial charge in [0.25, 0.3) is 0 Å². The summed E-state index contributed by atoms with van der Waals surface area (Å²) < 4.78 is 72.3. The van der Waals surface area contributed by atoms with Gasteiger partial charge in [0.2, 0.25) is 10.0 Å². The highest BCUT2D eigenvalue weighted by Gasteiger charge is 2.40. The predicted octanol–water partition coefficient (Wildman–Crippen LogP) is 3.34. The lowest BCUT2D eigenvalue weighted by molar-refractivity contribution is -0.139. The first kappa shape index (κ1) is 20.5. The maximum Gasteiger partial charge on any atom is 0.417 e. The lowest BCUT2D eigenvalue weighted by atomic mass is 10.1. The number of alkyl halides is 3. The van der Waals surface area contributed by atoms with Crippen LogP contribution in [0.4, 0.5) is 13.2 Å². The number of aryl methyl sites for hydroxylation is 2. The first-order valence-electron chi connectivity index (χ1n) is 8.72. The number of rotatable bonds is 4. The molecule has 1 saturated heterocycles. The fourth-order valence-corrected chi connectivity index (χ4v) is 4.90. The molecule has 1 aromatic carbocycles. The summed E-state index contributed by atoms with van der Waals surface area (Å²) in [5.74, 6) is 0. The summed E-state index contributed by atoms with van der Waals surface area (Å²) in [5, 5.41) is 0. The molecule has 2 heterocycles. The molecule has 2 aromatic rings. The van der Waals surface area contributed by atoms with E-state index in [0.29, 0.717) is 24.2 Å². The quantitative estimate of drug-likeness (QED) is 0.766. The number of nitrogens with zero attached hydrogens (tertiary/aromatic N) is 3. The van der Waals surface area contributed by atoms with Crippen molar-refractivity contribution >= 4 is 10.0 Å². The Morgan fingerprint density at radius 3 is 2.43 bits per heavy atom. The van der Waals surface area contributed by atoms with E-state index >= 15 is 0 Å². The Morgan fingerprint density at radius 2 is 1.79 bits per heavy atom. The maximum absolute atomic E-state index is 13.3. The van der Waals surface area contributed by atoms with E-state index in [2.05, 4.69) is 9.97 Å². The highest BCUT2D eigenvalue weighted by molar-refractivity contribution is 7.89. The molecule has 0 saturated carbocycles. The number of aromatic nitrogens is 2. The molecule has 6 nitrogen and oxygen atoms in total. The van der Waals surface area contributed by atoms with Crippen LogP contribution in [0.25, 0.3) is 0 Å². The van der Waals surface area contributed by atoms with Crippen LogP contribution < -0.4 is 4.74 Å². The average molecular weight is 415 g/mol. The number of hydrogen-bond donors (Lipinski definition) is 0. The van der Waals surface area contributed by atoms with Crippen LogP contribution in [-0.2, 0) is 16.2 Å². The molecule has 0 bridgehead atoms. The van der Waals surface area contributed by atoms with Crippen molar-refractivity contribution < 1.29 is 26.3 Å². The summed E-state index contributed by atoms with van der Waals surface area (Å²) in [5.41, 5.74) is 0.250. The number of hydrogen-bond acceptors (Lipinski definition) is 5. The van der Waals surface area contributed by atoms with Gasteiger partial charge in [-0.2, -0.15) is 17.5 Å². The van der Waals surface area contributed by atoms with Gasteiger partial charge in [0.05, 0.1) is 17.0 Å². The zero-order valence-corrected chi connectivity index (χ0v) is 16.2. The van der Waals surface area contributed by atoms with Crippen LogP contribution in [0.15, 0.2) is 35.2 Å². The topological polar surface area (TPSA) is 72.4 Å². The van der Waals surface area contributed by atoms with E-state index in [1.54, 1.807) is 19.9 Å². The van der Waals surface area contributed by atoms with E-state index in [1.165, 1.54) is 12.1 Å². The largest absolute Gasteiger partial charge is 0.459 e. The molecule has 1 aliphatic rings. The van der Waals surface area contributed by atoms with Crippen LogP contribution in [0.2, 0.25) is 0 Å². The molecular weight excluding hydrogens is 395 g/mol. The SMILES string of the molecule is Cc1cc(C)nc(OC2CCCN(S(=O)(=O)c3ccccc3C(F)(F)F)C2)n1. The summed E-state index contributed by atoms with van der Waals surface area (Å²) in [6.45, 7) is 3.63. The molecule has 10 heteroatoms. The van der Waals surface area contributed by atoms with Crippen LogP contribution in [0.3, 0.4) is 0 Å². The van der Waals surface area contributed by atoms with Gasteiger partial charge in [-0.15, -0.1) is 0 Å². The minimum atomic E-state index is -4.76. The van der Waals surface area contributed by atoms with Crippen molar-refractivity contribution in [3.63, 3.8) is 0 Å². The molecule has 1 atom stereocenters. The Hall–Kier alpha value is -2.20. The zero-order chi connectivity index (χ0) is 20.5. The number of benzene rings is 1. The third-order valence-corrected chi connectivity index (χ3v) is 6.31. The standard InChI is InChI=1S/C18H20F3N3O3S/c1-12-10-13(2)23-17(22-12)27-14-6-5-9-24(11-14)28(25,26)16-8-4-3-7-15(16)18(19,20)21/h3-4,7-8,10,14H,5-6,9,11H2,1-2H3. The first-order valence-corrected chi connectivity index (χ1v) is 10.2. The molecular formula is C18H20F3N3O3S. The number of halogens is 3. The van der Waals surface area contributed by atoms with E-state index < -0.39 is 32.8 Å². The van der Waals surface area contributed by atoms with Crippen molar-refractivity contribution in [1.29, 1.82) is 0 Å². The normalized spacial score (nSPS) is 18.8. The molecule has 152 valence electrons. The van der Waals surface area contributed by atoms with Gasteiger partial charge < -0.3 is 4.74 Å². The lowest BCUT2D eigenvalue weighted by Crippen LogP contribution is -2.44. The molecule has 28 heavy (non-hydrogen) atoms. The van der Waals surface area contributed by atoms with Crippen molar-refractivity contribution in [3.05, 3.63) is 47.3 Å². The molecule has 3 rings (SSSR count). The third-order valence-electron chi connectivity index (χ3n) is 4.39. The van der Waals surface area contributed by atoms with Gasteiger partial charge in [0.1, 0.15) is 6.10 Å². The van der Waals surface area contributed by atoms with E-state index in [1.807, 2.05) is 0 Å². The fourth-order valence-electron chi connectivity index (χ4n) is 3.18. The molecule has 1 aliphatic heterocycles. The number of sulfonamides is 1. The van der Waals surface area contributed by atoms with Crippen molar-refractivity contribution in [1.82, 2.24) is 14.3 Å². The van der Waals surface area contributed by atoms with Gasteiger partial charge in [0, 0.05) is 17.9 Å². The van der Waals surface area contributed by atoms with Crippen LogP contribution in [0.1, 0.15) is 29.8 Å². The third kappa shape index (κ3) is 4.44. The molecule has 1 unspecified atom stereocenters. The van der Waals surface area contributed by atoms with E-state index in [9.17, 15) is 21.6 Å². The molecule has 1 aromatic heterocycles. The summed E-state index contributed by atoms with van der Waals surface area (Å²) >= 11 is 0. The Morgan fingerprint density at radius 1 is 1.14 bits per heavy atom. The fraction of sp³-hybridized carbons (Fsp3) is 0.444. The molecule has 1 fully saturated rings. The summed E-state index contributed by atoms with van der Waals surface area (Å²) in [7, 11) is -4.32. The predicted molar refractivity (Wildman–Crippen MR) is 95.4 cm³/mol. The minimum absolute atomic E-state index is 0.0646. The van der Waals surface area contributed by atoms with Crippen LogP contribution >= 0.6 is 0 Å². The van der Waals surface area contributed by atoms with Gasteiger partial charge in [0.15, 0.2) is 0 Å². The van der Waals surface area contributed by atoms with E-state index in [0.717, 1.165) is 16.4 Å². The Bertz CT molecular complexity index is 944. The second kappa shape index (κ2) is 7.67. The van der Waals surface area contributed by atoms with Gasteiger partial charge >= 0.3 is 12.2 Å². The Kier molecular flexibility index (Phi) is 5.62. The summed E-state index contributed by atoms with van der Waals surface area (Å²) in [4.78, 5) is 7.60. The lowest BCUT2D eigenvalue weighted by Gasteiger charge is -2.32. The number of piperidine rings is 1. The van der Waals surface area contributed by atoms with Gasteiger partial charge in [-0.25, -0.2) is 18.4 Å². The highest BCUT2D eigenvalue weighted by atomic mass is 32.2. The van der Waals surface area contributed by atoms with E-state index in [4.69, 9.17) is 4.74 Å². The summed E-state index contributed by atoms with van der Waals surface area (Å²) in [6, 6.07) is 6.12. The van der Waals surface area contributed by atoms with Gasteiger partial charge in [-0.3, -0.25) is 0 Å². The summed E-state index contributed by atoms with van der Waals surface area (Å²) in [6.07, 6.45) is -4.28. The maximum atomic E-state index is 13.3. The number of ether oxygens (including phenoxy) is 1. The second-order valence-corrected chi connectivity index (χ2v) is 8.58. The molecule has 0 aliphatic carbocycles. The van der Waals surface area contributed by atoms with Crippen LogP contribution in [-0.4, -0.2) is 41.9 Å². The second-order valence-electron chi connectivity index (χ2n) is 6.67. The van der Waals surface area contributed by atoms with Crippen molar-refractivity contribution in [2.75, 3.05) is 13.1 Å².